The molecule has 238 valence electrons. The van der Waals surface area contributed by atoms with Gasteiger partial charge >= 0.3 is 0 Å². The number of aliphatic hydroxyl groups excluding tert-OH is 1. The number of phosphoric ester groups is 1. The Hall–Kier alpha value is -1.54. The van der Waals surface area contributed by atoms with E-state index in [1.54, 1.807) is 6.08 Å². The predicted octanol–water partition coefficient (Wildman–Crippen LogP) is 6.38. The van der Waals surface area contributed by atoms with Gasteiger partial charge in [0.1, 0.15) is 13.2 Å². The van der Waals surface area contributed by atoms with E-state index in [9.17, 15) is 19.4 Å². The second-order valence-electron chi connectivity index (χ2n) is 11.4. The van der Waals surface area contributed by atoms with Crippen LogP contribution >= 0.6 is 7.82 Å². The molecule has 2 N–H and O–H groups in total. The Morgan fingerprint density at radius 3 is 2.05 bits per heavy atom. The molecule has 0 saturated heterocycles. The van der Waals surface area contributed by atoms with E-state index < -0.39 is 26.6 Å². The van der Waals surface area contributed by atoms with Crippen LogP contribution in [0.4, 0.5) is 0 Å². The van der Waals surface area contributed by atoms with Gasteiger partial charge in [-0.1, -0.05) is 81.7 Å². The summed E-state index contributed by atoms with van der Waals surface area (Å²) >= 11 is 0. The number of hydrogen-bond acceptors (Lipinski definition) is 6. The molecule has 0 aromatic rings. The fourth-order valence-corrected chi connectivity index (χ4v) is 4.44. The number of rotatable bonds is 26. The predicted molar refractivity (Wildman–Crippen MR) is 168 cm³/mol. The molecule has 0 aromatic carbocycles. The largest absolute Gasteiger partial charge is 0.756 e. The Balaban J connectivity index is 4.82. The number of aliphatic hydroxyl groups is 1. The van der Waals surface area contributed by atoms with E-state index in [4.69, 9.17) is 9.05 Å². The van der Waals surface area contributed by atoms with Crippen molar-refractivity contribution in [1.82, 2.24) is 5.32 Å². The summed E-state index contributed by atoms with van der Waals surface area (Å²) in [6.07, 6.45) is 27.5. The maximum atomic E-state index is 12.6. The first kappa shape index (κ1) is 39.5. The molecule has 0 aliphatic carbocycles. The van der Waals surface area contributed by atoms with Crippen molar-refractivity contribution in [2.24, 2.45) is 0 Å². The standard InChI is InChI=1S/C32H59N2O6P/c1-6-8-10-12-14-16-18-19-21-23-25-31(35)30(29-40-41(37,38)39-28-27-34(3,4)5)33-32(36)26-24-22-20-17-15-13-11-9-7-2/h8,10,16-18,20,23,25,30-31,35H,6-7,9,11-15,19,21-22,24,26-29H2,1-5H3,(H-,33,36,37,38)/b10-8+,18-16+,20-17-,25-23+. The first-order valence-electron chi connectivity index (χ1n) is 15.5. The quantitative estimate of drug-likeness (QED) is 0.0518. The summed E-state index contributed by atoms with van der Waals surface area (Å²) in [7, 11) is 1.20. The number of likely N-dealkylation sites (N-methyl/N-ethyl adjacent to an activating group) is 1. The van der Waals surface area contributed by atoms with Gasteiger partial charge in [0.15, 0.2) is 0 Å². The number of unbranched alkanes of at least 4 members (excludes halogenated alkanes) is 7. The molecule has 3 unspecified atom stereocenters. The van der Waals surface area contributed by atoms with Gasteiger partial charge in [-0.3, -0.25) is 9.36 Å². The van der Waals surface area contributed by atoms with Gasteiger partial charge in [0.2, 0.25) is 5.91 Å². The first-order valence-corrected chi connectivity index (χ1v) is 17.0. The number of phosphoric acid groups is 1. The molecule has 0 rings (SSSR count). The molecule has 8 nitrogen and oxygen atoms in total. The molecule has 1 amide bonds. The number of nitrogens with one attached hydrogen (secondary N) is 1. The average Bonchev–Trinajstić information content (AvgIpc) is 2.90. The van der Waals surface area contributed by atoms with E-state index in [0.29, 0.717) is 17.4 Å². The highest BCUT2D eigenvalue weighted by Gasteiger charge is 2.23. The van der Waals surface area contributed by atoms with Gasteiger partial charge in [-0.2, -0.15) is 0 Å². The molecule has 0 radical (unpaired) electrons. The van der Waals surface area contributed by atoms with Crippen molar-refractivity contribution in [1.29, 1.82) is 0 Å². The van der Waals surface area contributed by atoms with Gasteiger partial charge in [0.25, 0.3) is 7.82 Å². The van der Waals surface area contributed by atoms with Crippen LogP contribution in [0.15, 0.2) is 48.6 Å². The summed E-state index contributed by atoms with van der Waals surface area (Å²) in [5.41, 5.74) is 0. The van der Waals surface area contributed by atoms with Crippen LogP contribution in [-0.4, -0.2) is 68.5 Å². The maximum Gasteiger partial charge on any atom is 0.268 e. The van der Waals surface area contributed by atoms with Crippen LogP contribution < -0.4 is 10.2 Å². The third kappa shape index (κ3) is 27.1. The summed E-state index contributed by atoms with van der Waals surface area (Å²) in [5, 5.41) is 13.5. The van der Waals surface area contributed by atoms with E-state index in [1.807, 2.05) is 27.2 Å². The number of allylic oxidation sites excluding steroid dienone is 7. The van der Waals surface area contributed by atoms with Gasteiger partial charge in [-0.05, 0) is 57.8 Å². The van der Waals surface area contributed by atoms with Gasteiger partial charge in [0.05, 0.1) is 39.9 Å². The number of quaternary nitrogens is 1. The lowest BCUT2D eigenvalue weighted by atomic mass is 10.1. The van der Waals surface area contributed by atoms with E-state index in [0.717, 1.165) is 44.9 Å². The van der Waals surface area contributed by atoms with Crippen LogP contribution in [-0.2, 0) is 18.4 Å². The molecule has 9 heteroatoms. The van der Waals surface area contributed by atoms with Crippen LogP contribution in [0.1, 0.15) is 97.3 Å². The molecular formula is C32H59N2O6P. The van der Waals surface area contributed by atoms with Crippen molar-refractivity contribution in [2.45, 2.75) is 109 Å². The van der Waals surface area contributed by atoms with Crippen molar-refractivity contribution in [3.05, 3.63) is 48.6 Å². The van der Waals surface area contributed by atoms with Gasteiger partial charge < -0.3 is 28.8 Å². The van der Waals surface area contributed by atoms with Crippen molar-refractivity contribution < 1.29 is 32.9 Å². The highest BCUT2D eigenvalue weighted by Crippen LogP contribution is 2.38. The van der Waals surface area contributed by atoms with Gasteiger partial charge in [-0.15, -0.1) is 0 Å². The zero-order valence-corrected chi connectivity index (χ0v) is 27.4. The number of hydrogen-bond donors (Lipinski definition) is 2. The van der Waals surface area contributed by atoms with Gasteiger partial charge in [-0.25, -0.2) is 0 Å². The van der Waals surface area contributed by atoms with Crippen molar-refractivity contribution >= 4 is 13.7 Å². The minimum absolute atomic E-state index is 0.0156. The molecule has 3 atom stereocenters. The SMILES string of the molecule is CC/C=C/CC/C=C/CC/C=C/C(O)C(COP(=O)([O-])OCC[N+](C)(C)C)NC(=O)CCC/C=C\CCCCCC. The highest BCUT2D eigenvalue weighted by molar-refractivity contribution is 7.45. The fraction of sp³-hybridized carbons (Fsp3) is 0.719. The number of nitrogens with zero attached hydrogens (tertiary/aromatic N) is 1. The fourth-order valence-electron chi connectivity index (χ4n) is 3.72. The number of carbonyl (C=O) groups is 1. The Kier molecular flexibility index (Phi) is 24.1. The molecule has 0 bridgehead atoms. The Morgan fingerprint density at radius 2 is 1.44 bits per heavy atom. The van der Waals surface area contributed by atoms with Crippen LogP contribution in [0, 0.1) is 0 Å². The molecule has 41 heavy (non-hydrogen) atoms. The van der Waals surface area contributed by atoms with Crippen LogP contribution in [0.25, 0.3) is 0 Å². The second-order valence-corrected chi connectivity index (χ2v) is 12.8. The molecule has 0 aromatic heterocycles. The lowest BCUT2D eigenvalue weighted by Crippen LogP contribution is -2.45. The molecule has 0 saturated carbocycles. The van der Waals surface area contributed by atoms with Crippen molar-refractivity contribution in [2.75, 3.05) is 40.9 Å². The summed E-state index contributed by atoms with van der Waals surface area (Å²) in [4.78, 5) is 24.9. The smallest absolute Gasteiger partial charge is 0.268 e. The van der Waals surface area contributed by atoms with Gasteiger partial charge in [0, 0.05) is 6.42 Å². The summed E-state index contributed by atoms with van der Waals surface area (Å²) in [5.74, 6) is -0.255. The third-order valence-electron chi connectivity index (χ3n) is 6.25. The Bertz CT molecular complexity index is 819. The minimum Gasteiger partial charge on any atom is -0.756 e. The lowest BCUT2D eigenvalue weighted by molar-refractivity contribution is -0.870. The van der Waals surface area contributed by atoms with Crippen molar-refractivity contribution in [3.8, 4) is 0 Å². The van der Waals surface area contributed by atoms with E-state index in [2.05, 4.69) is 55.6 Å². The average molecular weight is 599 g/mol. The highest BCUT2D eigenvalue weighted by atomic mass is 31.2. The topological polar surface area (TPSA) is 108 Å². The van der Waals surface area contributed by atoms with Crippen LogP contribution in [0.3, 0.4) is 0 Å². The van der Waals surface area contributed by atoms with E-state index >= 15 is 0 Å². The molecule has 0 aliphatic rings. The van der Waals surface area contributed by atoms with Crippen molar-refractivity contribution in [3.63, 3.8) is 0 Å². The normalized spacial score (nSPS) is 15.8. The molecule has 0 heterocycles. The summed E-state index contributed by atoms with van der Waals surface area (Å²) in [6.45, 7) is 4.37. The third-order valence-corrected chi connectivity index (χ3v) is 7.21. The first-order chi connectivity index (χ1) is 19.5. The monoisotopic (exact) mass is 598 g/mol. The molecule has 0 fully saturated rings. The summed E-state index contributed by atoms with van der Waals surface area (Å²) < 4.78 is 22.8. The molecule has 0 aliphatic heterocycles. The van der Waals surface area contributed by atoms with E-state index in [-0.39, 0.29) is 18.9 Å². The zero-order valence-electron chi connectivity index (χ0n) is 26.5. The van der Waals surface area contributed by atoms with E-state index in [1.165, 1.54) is 25.7 Å². The number of amides is 1. The number of carbonyl (C=O) groups excluding carboxylic acids is 1. The lowest BCUT2D eigenvalue weighted by Gasteiger charge is -2.29. The minimum atomic E-state index is -4.58. The molecular weight excluding hydrogens is 539 g/mol. The maximum absolute atomic E-state index is 12.6. The van der Waals surface area contributed by atoms with Crippen LogP contribution in [0.2, 0.25) is 0 Å². The Labute approximate surface area is 250 Å². The summed E-state index contributed by atoms with van der Waals surface area (Å²) in [6, 6.07) is -0.918. The molecule has 0 spiro atoms. The van der Waals surface area contributed by atoms with Crippen LogP contribution in [0.5, 0.6) is 0 Å². The zero-order chi connectivity index (χ0) is 30.8. The Morgan fingerprint density at radius 1 is 0.854 bits per heavy atom. The second kappa shape index (κ2) is 25.0.